The summed E-state index contributed by atoms with van der Waals surface area (Å²) in [6.45, 7) is 4.35. The molecule has 0 unspecified atom stereocenters. The molecule has 1 aromatic rings. The van der Waals surface area contributed by atoms with Crippen LogP contribution in [0.5, 0.6) is 0 Å². The minimum absolute atomic E-state index is 0.391. The summed E-state index contributed by atoms with van der Waals surface area (Å²) in [4.78, 5) is 0. The standard InChI is InChI=1S/C9H19N5O2S/c1-7-9(8(2)12-11-7)13-17(15,16)14(3)6-4-5-10/h13H,4-6,10H2,1-3H3,(H,11,12). The second-order valence-electron chi connectivity index (χ2n) is 3.88. The number of hydrogen-bond donors (Lipinski definition) is 3. The van der Waals surface area contributed by atoms with Gasteiger partial charge in [-0.15, -0.1) is 0 Å². The Kier molecular flexibility index (Phi) is 4.49. The average molecular weight is 261 g/mol. The van der Waals surface area contributed by atoms with Crippen molar-refractivity contribution in [2.24, 2.45) is 5.73 Å². The minimum atomic E-state index is -3.53. The molecule has 0 saturated carbocycles. The number of aryl methyl sites for hydroxylation is 2. The van der Waals surface area contributed by atoms with Crippen LogP contribution in [-0.4, -0.2) is 43.1 Å². The van der Waals surface area contributed by atoms with Crippen molar-refractivity contribution in [1.82, 2.24) is 14.5 Å². The molecule has 0 atom stereocenters. The first-order valence-corrected chi connectivity index (χ1v) is 6.78. The highest BCUT2D eigenvalue weighted by Crippen LogP contribution is 2.18. The van der Waals surface area contributed by atoms with Gasteiger partial charge in [-0.1, -0.05) is 0 Å². The zero-order chi connectivity index (χ0) is 13.1. The maximum Gasteiger partial charge on any atom is 0.301 e. The number of rotatable bonds is 6. The van der Waals surface area contributed by atoms with E-state index in [9.17, 15) is 8.42 Å². The first-order valence-electron chi connectivity index (χ1n) is 5.34. The van der Waals surface area contributed by atoms with Crippen LogP contribution in [0.2, 0.25) is 0 Å². The normalized spacial score (nSPS) is 12.1. The Balaban J connectivity index is 2.80. The van der Waals surface area contributed by atoms with Crippen molar-refractivity contribution in [3.8, 4) is 0 Å². The van der Waals surface area contributed by atoms with Crippen LogP contribution in [-0.2, 0) is 10.2 Å². The van der Waals surface area contributed by atoms with E-state index in [4.69, 9.17) is 5.73 Å². The van der Waals surface area contributed by atoms with Gasteiger partial charge in [0.25, 0.3) is 0 Å². The second-order valence-corrected chi connectivity index (χ2v) is 5.66. The van der Waals surface area contributed by atoms with Gasteiger partial charge in [-0.2, -0.15) is 17.8 Å². The fourth-order valence-corrected chi connectivity index (χ4v) is 2.43. The molecule has 0 aromatic carbocycles. The van der Waals surface area contributed by atoms with Crippen LogP contribution < -0.4 is 10.5 Å². The van der Waals surface area contributed by atoms with Gasteiger partial charge in [0.2, 0.25) is 0 Å². The summed E-state index contributed by atoms with van der Waals surface area (Å²) in [5.41, 5.74) is 7.17. The van der Waals surface area contributed by atoms with E-state index in [1.165, 1.54) is 11.4 Å². The molecule has 4 N–H and O–H groups in total. The van der Waals surface area contributed by atoms with Gasteiger partial charge in [-0.05, 0) is 26.8 Å². The lowest BCUT2D eigenvalue weighted by atomic mass is 10.3. The largest absolute Gasteiger partial charge is 0.330 e. The molecule has 8 heteroatoms. The molecule has 1 aromatic heterocycles. The minimum Gasteiger partial charge on any atom is -0.330 e. The molecule has 17 heavy (non-hydrogen) atoms. The average Bonchev–Trinajstić information content (AvgIpc) is 2.57. The maximum atomic E-state index is 11.9. The Bertz CT molecular complexity index is 448. The number of nitrogens with one attached hydrogen (secondary N) is 2. The molecule has 1 rings (SSSR count). The van der Waals surface area contributed by atoms with Crippen LogP contribution in [0.15, 0.2) is 0 Å². The fraction of sp³-hybridized carbons (Fsp3) is 0.667. The molecular weight excluding hydrogens is 242 g/mol. The highest BCUT2D eigenvalue weighted by atomic mass is 32.2. The number of H-pyrrole nitrogens is 1. The zero-order valence-corrected chi connectivity index (χ0v) is 11.1. The summed E-state index contributed by atoms with van der Waals surface area (Å²) >= 11 is 0. The number of aromatic amines is 1. The van der Waals surface area contributed by atoms with Gasteiger partial charge < -0.3 is 5.73 Å². The third kappa shape index (κ3) is 3.42. The molecular formula is C9H19N5O2S. The van der Waals surface area contributed by atoms with Crippen molar-refractivity contribution < 1.29 is 8.42 Å². The van der Waals surface area contributed by atoms with E-state index in [1.54, 1.807) is 13.8 Å². The van der Waals surface area contributed by atoms with Crippen molar-refractivity contribution >= 4 is 15.9 Å². The van der Waals surface area contributed by atoms with Gasteiger partial charge in [-0.3, -0.25) is 9.82 Å². The lowest BCUT2D eigenvalue weighted by Gasteiger charge is -2.17. The van der Waals surface area contributed by atoms with E-state index < -0.39 is 10.2 Å². The Morgan fingerprint density at radius 3 is 2.59 bits per heavy atom. The second kappa shape index (κ2) is 5.48. The molecule has 98 valence electrons. The fourth-order valence-electron chi connectivity index (χ4n) is 1.34. The van der Waals surface area contributed by atoms with E-state index >= 15 is 0 Å². The van der Waals surface area contributed by atoms with Gasteiger partial charge in [0.1, 0.15) is 0 Å². The predicted octanol–water partition coefficient (Wildman–Crippen LogP) is -0.0362. The van der Waals surface area contributed by atoms with Crippen LogP contribution in [0.4, 0.5) is 5.69 Å². The number of nitrogens with zero attached hydrogens (tertiary/aromatic N) is 2. The number of anilines is 1. The Labute approximate surface area is 102 Å². The molecule has 0 radical (unpaired) electrons. The summed E-state index contributed by atoms with van der Waals surface area (Å²) in [6, 6.07) is 0. The lowest BCUT2D eigenvalue weighted by molar-refractivity contribution is 0.468. The Hall–Kier alpha value is -1.12. The van der Waals surface area contributed by atoms with Crippen molar-refractivity contribution in [2.75, 3.05) is 24.9 Å². The van der Waals surface area contributed by atoms with Gasteiger partial charge in [0.05, 0.1) is 17.1 Å². The van der Waals surface area contributed by atoms with Crippen LogP contribution in [0.25, 0.3) is 0 Å². The molecule has 0 aliphatic carbocycles. The SMILES string of the molecule is Cc1n[nH]c(C)c1NS(=O)(=O)N(C)CCCN. The third-order valence-corrected chi connectivity index (χ3v) is 3.91. The molecule has 0 saturated heterocycles. The molecule has 0 aliphatic rings. The summed E-state index contributed by atoms with van der Waals surface area (Å²) in [7, 11) is -2.02. The highest BCUT2D eigenvalue weighted by Gasteiger charge is 2.19. The summed E-state index contributed by atoms with van der Waals surface area (Å²) in [5.74, 6) is 0. The Morgan fingerprint density at radius 1 is 1.47 bits per heavy atom. The van der Waals surface area contributed by atoms with E-state index in [0.29, 0.717) is 36.6 Å². The summed E-state index contributed by atoms with van der Waals surface area (Å²) in [6.07, 6.45) is 0.626. The summed E-state index contributed by atoms with van der Waals surface area (Å²) in [5, 5.41) is 6.66. The smallest absolute Gasteiger partial charge is 0.301 e. The van der Waals surface area contributed by atoms with Crippen LogP contribution in [0.3, 0.4) is 0 Å². The molecule has 0 fully saturated rings. The number of aromatic nitrogens is 2. The van der Waals surface area contributed by atoms with E-state index in [1.807, 2.05) is 0 Å². The molecule has 0 bridgehead atoms. The molecule has 7 nitrogen and oxygen atoms in total. The summed E-state index contributed by atoms with van der Waals surface area (Å²) < 4.78 is 27.6. The van der Waals surface area contributed by atoms with E-state index in [-0.39, 0.29) is 0 Å². The number of hydrogen-bond acceptors (Lipinski definition) is 4. The quantitative estimate of drug-likeness (QED) is 0.668. The zero-order valence-electron chi connectivity index (χ0n) is 10.3. The van der Waals surface area contributed by atoms with Gasteiger partial charge in [0, 0.05) is 13.6 Å². The van der Waals surface area contributed by atoms with Crippen molar-refractivity contribution in [3.63, 3.8) is 0 Å². The predicted molar refractivity (Wildman–Crippen MR) is 66.9 cm³/mol. The Morgan fingerprint density at radius 2 is 2.12 bits per heavy atom. The molecule has 1 heterocycles. The first kappa shape index (κ1) is 13.9. The van der Waals surface area contributed by atoms with Crippen molar-refractivity contribution in [2.45, 2.75) is 20.3 Å². The van der Waals surface area contributed by atoms with Crippen molar-refractivity contribution in [3.05, 3.63) is 11.4 Å². The maximum absolute atomic E-state index is 11.9. The monoisotopic (exact) mass is 261 g/mol. The van der Waals surface area contributed by atoms with E-state index in [2.05, 4.69) is 14.9 Å². The first-order chi connectivity index (χ1) is 7.88. The molecule has 0 amide bonds. The van der Waals surface area contributed by atoms with E-state index in [0.717, 1.165) is 0 Å². The molecule has 0 aliphatic heterocycles. The number of nitrogens with two attached hydrogens (primary N) is 1. The van der Waals surface area contributed by atoms with Crippen LogP contribution in [0.1, 0.15) is 17.8 Å². The van der Waals surface area contributed by atoms with Gasteiger partial charge in [0.15, 0.2) is 0 Å². The molecule has 0 spiro atoms. The van der Waals surface area contributed by atoms with Crippen molar-refractivity contribution in [1.29, 1.82) is 0 Å². The third-order valence-electron chi connectivity index (χ3n) is 2.45. The van der Waals surface area contributed by atoms with Gasteiger partial charge in [-0.25, -0.2) is 0 Å². The van der Waals surface area contributed by atoms with Gasteiger partial charge >= 0.3 is 10.2 Å². The topological polar surface area (TPSA) is 104 Å². The highest BCUT2D eigenvalue weighted by molar-refractivity contribution is 7.90. The van der Waals surface area contributed by atoms with Crippen LogP contribution in [0, 0.1) is 13.8 Å². The lowest BCUT2D eigenvalue weighted by Crippen LogP contribution is -2.34. The van der Waals surface area contributed by atoms with Crippen LogP contribution >= 0.6 is 0 Å².